The Morgan fingerprint density at radius 2 is 1.08 bits per heavy atom. The molecule has 0 saturated carbocycles. The molecule has 7 nitrogen and oxygen atoms in total. The second-order valence-corrected chi connectivity index (χ2v) is 13.7. The number of hydrogen-bond donors (Lipinski definition) is 3. The Hall–Kier alpha value is -2.15. The van der Waals surface area contributed by atoms with Crippen molar-refractivity contribution in [2.24, 2.45) is 5.73 Å². The van der Waals surface area contributed by atoms with Crippen molar-refractivity contribution in [2.75, 3.05) is 6.54 Å². The van der Waals surface area contributed by atoms with Crippen molar-refractivity contribution in [3.63, 3.8) is 0 Å². The largest absolute Gasteiger partial charge is 0.480 e. The van der Waals surface area contributed by atoms with E-state index in [0.717, 1.165) is 51.4 Å². The fourth-order valence-electron chi connectivity index (χ4n) is 5.88. The molecule has 0 aliphatic heterocycles. The van der Waals surface area contributed by atoms with E-state index in [-0.39, 0.29) is 18.0 Å². The van der Waals surface area contributed by atoms with E-state index in [4.69, 9.17) is 10.5 Å². The minimum atomic E-state index is -1.01. The molecule has 0 aromatic rings. The molecule has 0 aromatic heterocycles. The number of unbranched alkanes of at least 4 members (excludes halogenated alkanes) is 20. The normalized spacial score (nSPS) is 12.9. The molecule has 1 amide bonds. The van der Waals surface area contributed by atoms with Crippen molar-refractivity contribution in [2.45, 2.75) is 212 Å². The van der Waals surface area contributed by atoms with Gasteiger partial charge in [-0.1, -0.05) is 128 Å². The number of nitrogens with one attached hydrogen (secondary N) is 1. The summed E-state index contributed by atoms with van der Waals surface area (Å²) < 4.78 is 5.92. The van der Waals surface area contributed by atoms with Gasteiger partial charge in [0.2, 0.25) is 5.91 Å². The summed E-state index contributed by atoms with van der Waals surface area (Å²) in [6.45, 7) is 4.91. The van der Waals surface area contributed by atoms with Crippen LogP contribution in [0.3, 0.4) is 0 Å². The standard InChI is InChI=1S/C41H76N2O5/c1-3-5-7-9-11-13-14-15-16-17-19-21-23-29-35-40(45)48-37(31-26-22-20-18-12-10-8-6-4-2)32-27-24-25-28-34-39(44)43-38(41(46)47)33-30-36-42/h14-15,26,31,37-38H,3-13,16-25,27-30,32-36,42H2,1-2H3,(H,43,44)(H,46,47)/b15-14-,31-26-. The molecule has 0 fully saturated rings. The number of esters is 1. The van der Waals surface area contributed by atoms with E-state index < -0.39 is 12.0 Å². The minimum Gasteiger partial charge on any atom is -0.480 e. The first-order chi connectivity index (χ1) is 23.4. The molecule has 0 spiro atoms. The van der Waals surface area contributed by atoms with Crippen LogP contribution < -0.4 is 11.1 Å². The Bertz CT molecular complexity index is 813. The molecule has 4 N–H and O–H groups in total. The SMILES string of the molecule is CCCCCCC/C=C\CCCCCCCC(=O)OC(/C=C\CCCCCCCCC)CCCCCCC(=O)NC(CCCN)C(=O)O. The number of hydrogen-bond acceptors (Lipinski definition) is 5. The summed E-state index contributed by atoms with van der Waals surface area (Å²) in [4.78, 5) is 36.2. The predicted octanol–water partition coefficient (Wildman–Crippen LogP) is 10.9. The van der Waals surface area contributed by atoms with E-state index in [1.54, 1.807) is 0 Å². The number of ether oxygens (including phenoxy) is 1. The molecule has 2 unspecified atom stereocenters. The molecule has 0 rings (SSSR count). The Morgan fingerprint density at radius 3 is 1.62 bits per heavy atom. The van der Waals surface area contributed by atoms with Gasteiger partial charge in [-0.15, -0.1) is 0 Å². The lowest BCUT2D eigenvalue weighted by molar-refractivity contribution is -0.147. The summed E-state index contributed by atoms with van der Waals surface area (Å²) in [5.74, 6) is -1.33. The maximum Gasteiger partial charge on any atom is 0.326 e. The van der Waals surface area contributed by atoms with Crippen LogP contribution in [0.5, 0.6) is 0 Å². The zero-order valence-corrected chi connectivity index (χ0v) is 31.3. The zero-order valence-electron chi connectivity index (χ0n) is 31.3. The van der Waals surface area contributed by atoms with Crippen LogP contribution in [0.1, 0.15) is 200 Å². The van der Waals surface area contributed by atoms with Crippen LogP contribution in [0, 0.1) is 0 Å². The molecule has 0 bridgehead atoms. The van der Waals surface area contributed by atoms with Crippen molar-refractivity contribution in [1.82, 2.24) is 5.32 Å². The summed E-state index contributed by atoms with van der Waals surface area (Å²) in [6, 6.07) is -0.869. The topological polar surface area (TPSA) is 119 Å². The minimum absolute atomic E-state index is 0.0956. The van der Waals surface area contributed by atoms with Gasteiger partial charge < -0.3 is 20.9 Å². The highest BCUT2D eigenvalue weighted by Crippen LogP contribution is 2.15. The van der Waals surface area contributed by atoms with E-state index in [1.807, 2.05) is 0 Å². The van der Waals surface area contributed by atoms with Crippen molar-refractivity contribution in [1.29, 1.82) is 0 Å². The summed E-state index contributed by atoms with van der Waals surface area (Å²) in [5.41, 5.74) is 5.47. The third kappa shape index (κ3) is 32.4. The van der Waals surface area contributed by atoms with Gasteiger partial charge in [-0.05, 0) is 89.7 Å². The van der Waals surface area contributed by atoms with Crippen LogP contribution in [0.2, 0.25) is 0 Å². The van der Waals surface area contributed by atoms with Gasteiger partial charge in [0, 0.05) is 12.8 Å². The van der Waals surface area contributed by atoms with E-state index in [0.29, 0.717) is 38.6 Å². The molecule has 48 heavy (non-hydrogen) atoms. The van der Waals surface area contributed by atoms with Gasteiger partial charge in [0.1, 0.15) is 12.1 Å². The molecule has 0 saturated heterocycles. The predicted molar refractivity (Wildman–Crippen MR) is 202 cm³/mol. The highest BCUT2D eigenvalue weighted by molar-refractivity contribution is 5.83. The second kappa shape index (κ2) is 36.1. The fourth-order valence-corrected chi connectivity index (χ4v) is 5.88. The van der Waals surface area contributed by atoms with Crippen LogP contribution in [0.4, 0.5) is 0 Å². The Labute approximate surface area is 295 Å². The van der Waals surface area contributed by atoms with Gasteiger partial charge in [0.25, 0.3) is 0 Å². The van der Waals surface area contributed by atoms with Crippen LogP contribution in [0.25, 0.3) is 0 Å². The fraction of sp³-hybridized carbons (Fsp3) is 0.829. The molecular weight excluding hydrogens is 600 g/mol. The van der Waals surface area contributed by atoms with Gasteiger partial charge >= 0.3 is 11.9 Å². The Balaban J connectivity index is 4.35. The third-order valence-corrected chi connectivity index (χ3v) is 8.97. The second-order valence-electron chi connectivity index (χ2n) is 13.7. The maximum absolute atomic E-state index is 12.7. The van der Waals surface area contributed by atoms with Crippen LogP contribution in [-0.2, 0) is 19.1 Å². The number of allylic oxidation sites excluding steroid dienone is 3. The molecular formula is C41H76N2O5. The monoisotopic (exact) mass is 677 g/mol. The van der Waals surface area contributed by atoms with Gasteiger partial charge in [-0.3, -0.25) is 9.59 Å². The first-order valence-electron chi connectivity index (χ1n) is 20.2. The number of carbonyl (C=O) groups excluding carboxylic acids is 2. The average Bonchev–Trinajstić information content (AvgIpc) is 3.07. The number of carbonyl (C=O) groups is 3. The van der Waals surface area contributed by atoms with Crippen LogP contribution >= 0.6 is 0 Å². The smallest absolute Gasteiger partial charge is 0.326 e. The number of carboxylic acids is 1. The molecule has 2 atom stereocenters. The summed E-state index contributed by atoms with van der Waals surface area (Å²) >= 11 is 0. The van der Waals surface area contributed by atoms with Gasteiger partial charge in [0.05, 0.1) is 0 Å². The Kier molecular flexibility index (Phi) is 34.5. The zero-order chi connectivity index (χ0) is 35.3. The summed E-state index contributed by atoms with van der Waals surface area (Å²) in [6.07, 6.45) is 39.4. The lowest BCUT2D eigenvalue weighted by Crippen LogP contribution is -2.40. The summed E-state index contributed by atoms with van der Waals surface area (Å²) in [7, 11) is 0. The highest BCUT2D eigenvalue weighted by atomic mass is 16.5. The molecule has 0 heterocycles. The molecule has 7 heteroatoms. The number of carboxylic acid groups (broad SMARTS) is 1. The van der Waals surface area contributed by atoms with Crippen LogP contribution in [-0.4, -0.2) is 41.6 Å². The number of aliphatic carboxylic acids is 1. The maximum atomic E-state index is 12.7. The molecule has 0 aliphatic carbocycles. The van der Waals surface area contributed by atoms with Crippen molar-refractivity contribution in [3.05, 3.63) is 24.3 Å². The number of amides is 1. The first-order valence-corrected chi connectivity index (χ1v) is 20.2. The molecule has 0 aliphatic rings. The molecule has 0 aromatic carbocycles. The van der Waals surface area contributed by atoms with E-state index in [1.165, 1.54) is 103 Å². The third-order valence-electron chi connectivity index (χ3n) is 8.97. The van der Waals surface area contributed by atoms with E-state index in [2.05, 4.69) is 43.5 Å². The number of nitrogens with two attached hydrogens (primary N) is 1. The van der Waals surface area contributed by atoms with Crippen molar-refractivity contribution < 1.29 is 24.2 Å². The van der Waals surface area contributed by atoms with Crippen molar-refractivity contribution in [3.8, 4) is 0 Å². The van der Waals surface area contributed by atoms with Gasteiger partial charge in [-0.2, -0.15) is 0 Å². The lowest BCUT2D eigenvalue weighted by atomic mass is 10.1. The molecule has 0 radical (unpaired) electrons. The van der Waals surface area contributed by atoms with Gasteiger partial charge in [0.15, 0.2) is 0 Å². The lowest BCUT2D eigenvalue weighted by Gasteiger charge is -2.15. The molecule has 280 valence electrons. The van der Waals surface area contributed by atoms with Crippen LogP contribution in [0.15, 0.2) is 24.3 Å². The quantitative estimate of drug-likeness (QED) is 0.0345. The number of rotatable bonds is 36. The van der Waals surface area contributed by atoms with Gasteiger partial charge in [-0.25, -0.2) is 4.79 Å². The van der Waals surface area contributed by atoms with E-state index in [9.17, 15) is 19.5 Å². The Morgan fingerprint density at radius 1 is 0.604 bits per heavy atom. The van der Waals surface area contributed by atoms with Crippen molar-refractivity contribution >= 4 is 17.8 Å². The highest BCUT2D eigenvalue weighted by Gasteiger charge is 2.19. The summed E-state index contributed by atoms with van der Waals surface area (Å²) in [5, 5.41) is 11.9. The van der Waals surface area contributed by atoms with E-state index >= 15 is 0 Å². The average molecular weight is 677 g/mol. The first kappa shape index (κ1) is 45.9.